The third-order valence-corrected chi connectivity index (χ3v) is 3.16. The molecule has 2 aromatic rings. The van der Waals surface area contributed by atoms with E-state index in [9.17, 15) is 0 Å². The molecule has 1 heteroatoms. The van der Waals surface area contributed by atoms with Crippen molar-refractivity contribution >= 4 is 17.8 Å². The fourth-order valence-corrected chi connectivity index (χ4v) is 2.14. The van der Waals surface area contributed by atoms with Gasteiger partial charge in [-0.25, -0.2) is 0 Å². The average molecular weight is 226 g/mol. The van der Waals surface area contributed by atoms with Crippen LogP contribution in [0.15, 0.2) is 71.6 Å². The summed E-state index contributed by atoms with van der Waals surface area (Å²) in [6, 6.07) is 20.9. The molecule has 0 unspecified atom stereocenters. The van der Waals surface area contributed by atoms with Gasteiger partial charge in [-0.15, -0.1) is 11.8 Å². The molecule has 0 aliphatic rings. The van der Waals surface area contributed by atoms with E-state index in [0.29, 0.717) is 0 Å². The fourth-order valence-electron chi connectivity index (χ4n) is 1.41. The van der Waals surface area contributed by atoms with Gasteiger partial charge in [-0.1, -0.05) is 60.7 Å². The summed E-state index contributed by atoms with van der Waals surface area (Å²) in [5.41, 5.74) is 1.26. The van der Waals surface area contributed by atoms with Gasteiger partial charge in [0, 0.05) is 10.6 Å². The second-order valence-electron chi connectivity index (χ2n) is 3.44. The van der Waals surface area contributed by atoms with Gasteiger partial charge in [-0.2, -0.15) is 0 Å². The Morgan fingerprint density at radius 2 is 1.44 bits per heavy atom. The van der Waals surface area contributed by atoms with E-state index in [4.69, 9.17) is 0 Å². The first-order valence-electron chi connectivity index (χ1n) is 5.34. The third kappa shape index (κ3) is 3.59. The lowest BCUT2D eigenvalue weighted by Crippen LogP contribution is -1.73. The Hall–Kier alpha value is -1.47. The number of rotatable bonds is 4. The minimum absolute atomic E-state index is 1.01. The van der Waals surface area contributed by atoms with Crippen molar-refractivity contribution in [2.24, 2.45) is 0 Å². The number of benzene rings is 2. The predicted octanol–water partition coefficient (Wildman–Crippen LogP) is 4.49. The summed E-state index contributed by atoms with van der Waals surface area (Å²) in [6.45, 7) is 0. The molecule has 0 atom stereocenters. The van der Waals surface area contributed by atoms with Crippen molar-refractivity contribution in [1.29, 1.82) is 0 Å². The van der Waals surface area contributed by atoms with Gasteiger partial charge in [-0.05, 0) is 17.7 Å². The lowest BCUT2D eigenvalue weighted by Gasteiger charge is -1.96. The van der Waals surface area contributed by atoms with Crippen LogP contribution in [0, 0.1) is 0 Å². The second-order valence-corrected chi connectivity index (χ2v) is 4.53. The van der Waals surface area contributed by atoms with Crippen LogP contribution in [0.4, 0.5) is 0 Å². The predicted molar refractivity (Wildman–Crippen MR) is 72.6 cm³/mol. The molecule has 0 heterocycles. The van der Waals surface area contributed by atoms with Gasteiger partial charge in [0.25, 0.3) is 0 Å². The van der Waals surface area contributed by atoms with Crippen LogP contribution >= 0.6 is 11.8 Å². The van der Waals surface area contributed by atoms with Gasteiger partial charge < -0.3 is 0 Å². The number of hydrogen-bond acceptors (Lipinski definition) is 1. The molecule has 0 radical (unpaired) electrons. The molecule has 2 rings (SSSR count). The van der Waals surface area contributed by atoms with Crippen LogP contribution in [0.3, 0.4) is 0 Å². The van der Waals surface area contributed by atoms with Crippen molar-refractivity contribution in [2.75, 3.05) is 5.75 Å². The van der Waals surface area contributed by atoms with Gasteiger partial charge >= 0.3 is 0 Å². The molecule has 0 saturated heterocycles. The second kappa shape index (κ2) is 6.19. The molecular formula is C15H14S. The maximum absolute atomic E-state index is 2.20. The van der Waals surface area contributed by atoms with Gasteiger partial charge in [0.05, 0.1) is 0 Å². The van der Waals surface area contributed by atoms with E-state index in [1.165, 1.54) is 10.5 Å². The van der Waals surface area contributed by atoms with Gasteiger partial charge in [-0.3, -0.25) is 0 Å². The highest BCUT2D eigenvalue weighted by Gasteiger charge is 1.88. The van der Waals surface area contributed by atoms with E-state index in [2.05, 4.69) is 60.7 Å². The smallest absolute Gasteiger partial charge is 0.0164 e. The minimum atomic E-state index is 1.01. The largest absolute Gasteiger partial charge is 0.122 e. The highest BCUT2D eigenvalue weighted by molar-refractivity contribution is 7.99. The van der Waals surface area contributed by atoms with Crippen LogP contribution in [0.2, 0.25) is 0 Å². The number of hydrogen-bond donors (Lipinski definition) is 0. The average Bonchev–Trinajstić information content (AvgIpc) is 2.37. The van der Waals surface area contributed by atoms with Crippen molar-refractivity contribution in [3.05, 3.63) is 72.3 Å². The molecule has 0 fully saturated rings. The maximum atomic E-state index is 2.20. The Balaban J connectivity index is 1.83. The van der Waals surface area contributed by atoms with E-state index in [-0.39, 0.29) is 0 Å². The zero-order valence-electron chi connectivity index (χ0n) is 9.04. The molecule has 0 amide bonds. The van der Waals surface area contributed by atoms with Crippen molar-refractivity contribution in [1.82, 2.24) is 0 Å². The topological polar surface area (TPSA) is 0 Å². The van der Waals surface area contributed by atoms with Gasteiger partial charge in [0.15, 0.2) is 0 Å². The molecule has 0 bridgehead atoms. The van der Waals surface area contributed by atoms with Crippen molar-refractivity contribution in [3.8, 4) is 0 Å². The highest BCUT2D eigenvalue weighted by Crippen LogP contribution is 2.17. The zero-order valence-corrected chi connectivity index (χ0v) is 9.86. The Morgan fingerprint density at radius 3 is 2.12 bits per heavy atom. The normalized spacial score (nSPS) is 10.8. The Morgan fingerprint density at radius 1 is 0.812 bits per heavy atom. The Bertz CT molecular complexity index is 432. The first-order valence-corrected chi connectivity index (χ1v) is 6.33. The van der Waals surface area contributed by atoms with E-state index >= 15 is 0 Å². The Labute approximate surface area is 101 Å². The summed E-state index contributed by atoms with van der Waals surface area (Å²) in [4.78, 5) is 1.32. The molecule has 80 valence electrons. The van der Waals surface area contributed by atoms with E-state index < -0.39 is 0 Å². The summed E-state index contributed by atoms with van der Waals surface area (Å²) >= 11 is 1.85. The summed E-state index contributed by atoms with van der Waals surface area (Å²) in [5, 5.41) is 0. The zero-order chi connectivity index (χ0) is 11.1. The minimum Gasteiger partial charge on any atom is -0.122 e. The van der Waals surface area contributed by atoms with Gasteiger partial charge in [0.2, 0.25) is 0 Å². The monoisotopic (exact) mass is 226 g/mol. The lowest BCUT2D eigenvalue weighted by molar-refractivity contribution is 1.46. The van der Waals surface area contributed by atoms with Crippen LogP contribution < -0.4 is 0 Å². The van der Waals surface area contributed by atoms with E-state index in [0.717, 1.165) is 5.75 Å². The van der Waals surface area contributed by atoms with Crippen molar-refractivity contribution in [2.45, 2.75) is 4.90 Å². The van der Waals surface area contributed by atoms with E-state index in [1.54, 1.807) is 0 Å². The van der Waals surface area contributed by atoms with Gasteiger partial charge in [0.1, 0.15) is 0 Å². The molecule has 0 saturated carbocycles. The summed E-state index contributed by atoms with van der Waals surface area (Å²) in [5.74, 6) is 1.01. The summed E-state index contributed by atoms with van der Waals surface area (Å²) in [6.07, 6.45) is 4.36. The van der Waals surface area contributed by atoms with Crippen LogP contribution in [-0.4, -0.2) is 5.75 Å². The van der Waals surface area contributed by atoms with Crippen molar-refractivity contribution in [3.63, 3.8) is 0 Å². The quantitative estimate of drug-likeness (QED) is 0.692. The maximum Gasteiger partial charge on any atom is 0.0164 e. The van der Waals surface area contributed by atoms with Crippen LogP contribution in [-0.2, 0) is 0 Å². The standard InChI is InChI=1S/C15H14S/c1-3-8-14(9-4-1)10-7-13-16-15-11-5-2-6-12-15/h1-12H,13H2/b10-7-. The SMILES string of the molecule is C(=C/c1ccccc1)/CSc1ccccc1. The Kier molecular flexibility index (Phi) is 4.26. The first-order chi connectivity index (χ1) is 7.95. The molecule has 0 N–H and O–H groups in total. The fraction of sp³-hybridized carbons (Fsp3) is 0.0667. The van der Waals surface area contributed by atoms with Crippen LogP contribution in [0.25, 0.3) is 6.08 Å². The number of thioether (sulfide) groups is 1. The third-order valence-electron chi connectivity index (χ3n) is 2.20. The molecule has 0 nitrogen and oxygen atoms in total. The van der Waals surface area contributed by atoms with Crippen LogP contribution in [0.5, 0.6) is 0 Å². The first kappa shape index (κ1) is 11.0. The molecule has 16 heavy (non-hydrogen) atoms. The summed E-state index contributed by atoms with van der Waals surface area (Å²) < 4.78 is 0. The molecule has 2 aromatic carbocycles. The molecule has 0 aliphatic carbocycles. The molecule has 0 aliphatic heterocycles. The molecular weight excluding hydrogens is 212 g/mol. The summed E-state index contributed by atoms with van der Waals surface area (Å²) in [7, 11) is 0. The van der Waals surface area contributed by atoms with Crippen LogP contribution in [0.1, 0.15) is 5.56 Å². The van der Waals surface area contributed by atoms with E-state index in [1.807, 2.05) is 23.9 Å². The highest BCUT2D eigenvalue weighted by atomic mass is 32.2. The molecule has 0 aromatic heterocycles. The van der Waals surface area contributed by atoms with Crippen molar-refractivity contribution < 1.29 is 0 Å². The molecule has 0 spiro atoms. The lowest BCUT2D eigenvalue weighted by atomic mass is 10.2.